The molecule has 1 amide bonds. The number of amides is 1. The van der Waals surface area contributed by atoms with Crippen LogP contribution in [0.25, 0.3) is 10.9 Å². The summed E-state index contributed by atoms with van der Waals surface area (Å²) in [6.45, 7) is 4.62. The van der Waals surface area contributed by atoms with E-state index in [0.717, 1.165) is 11.3 Å². The fraction of sp³-hybridized carbons (Fsp3) is 0.261. The molecule has 0 fully saturated rings. The van der Waals surface area contributed by atoms with Crippen LogP contribution >= 0.6 is 0 Å². The highest BCUT2D eigenvalue weighted by molar-refractivity contribution is 5.77. The molecule has 0 bridgehead atoms. The van der Waals surface area contributed by atoms with Crippen LogP contribution < -0.4 is 10.3 Å². The Hall–Kier alpha value is -3.41. The molecular weight excluding hydrogens is 366 g/mol. The van der Waals surface area contributed by atoms with Crippen LogP contribution in [0.1, 0.15) is 24.2 Å². The van der Waals surface area contributed by atoms with Crippen molar-refractivity contribution >= 4 is 16.8 Å². The van der Waals surface area contributed by atoms with Gasteiger partial charge in [-0.05, 0) is 36.2 Å². The molecule has 29 heavy (non-hydrogen) atoms. The Labute approximate surface area is 169 Å². The summed E-state index contributed by atoms with van der Waals surface area (Å²) < 4.78 is 5.46. The lowest BCUT2D eigenvalue weighted by molar-refractivity contribution is -0.130. The molecule has 2 aromatic carbocycles. The monoisotopic (exact) mass is 391 g/mol. The second-order valence-corrected chi connectivity index (χ2v) is 6.88. The van der Waals surface area contributed by atoms with Crippen molar-refractivity contribution in [3.8, 4) is 5.75 Å². The number of hydrogen-bond acceptors (Lipinski definition) is 4. The molecule has 0 aliphatic heterocycles. The van der Waals surface area contributed by atoms with Crippen LogP contribution in [0.2, 0.25) is 0 Å². The maximum absolute atomic E-state index is 12.4. The van der Waals surface area contributed by atoms with Gasteiger partial charge in [0.25, 0.3) is 5.56 Å². The van der Waals surface area contributed by atoms with Crippen molar-refractivity contribution in [2.75, 3.05) is 13.7 Å². The first-order chi connectivity index (χ1) is 14.1. The van der Waals surface area contributed by atoms with Crippen molar-refractivity contribution in [1.29, 1.82) is 0 Å². The molecule has 0 aliphatic rings. The molecule has 150 valence electrons. The first kappa shape index (κ1) is 20.3. The maximum atomic E-state index is 12.4. The van der Waals surface area contributed by atoms with Crippen LogP contribution in [0.5, 0.6) is 5.75 Å². The Morgan fingerprint density at radius 1 is 1.21 bits per heavy atom. The molecule has 0 atom stereocenters. The SMILES string of the molecule is C=CCOc1ccc(CN(C)C(=O)CCCc2nc3ccccc3c(=O)[nH]2)cc1. The standard InChI is InChI=1S/C23H25N3O3/c1-3-15-29-18-13-11-17(12-14-18)16-26(2)22(27)10-6-9-21-24-20-8-5-4-7-19(20)23(28)25-21/h3-5,7-8,11-14H,1,6,9-10,15-16H2,2H3,(H,24,25,28). The van der Waals surface area contributed by atoms with Gasteiger partial charge in [0, 0.05) is 26.4 Å². The van der Waals surface area contributed by atoms with E-state index in [1.54, 1.807) is 24.1 Å². The van der Waals surface area contributed by atoms with E-state index in [4.69, 9.17) is 4.74 Å². The molecule has 0 unspecified atom stereocenters. The molecular formula is C23H25N3O3. The third-order valence-electron chi connectivity index (χ3n) is 4.60. The van der Waals surface area contributed by atoms with Gasteiger partial charge in [0.05, 0.1) is 10.9 Å². The van der Waals surface area contributed by atoms with Crippen LogP contribution in [-0.2, 0) is 17.8 Å². The lowest BCUT2D eigenvalue weighted by Crippen LogP contribution is -2.26. The Balaban J connectivity index is 1.50. The quantitative estimate of drug-likeness (QED) is 0.567. The van der Waals surface area contributed by atoms with Crippen LogP contribution in [0.3, 0.4) is 0 Å². The lowest BCUT2D eigenvalue weighted by Gasteiger charge is -2.17. The van der Waals surface area contributed by atoms with Crippen molar-refractivity contribution in [3.05, 3.63) is 82.9 Å². The number of rotatable bonds is 9. The Bertz CT molecular complexity index is 1040. The Morgan fingerprint density at radius 2 is 1.97 bits per heavy atom. The number of fused-ring (bicyclic) bond motifs is 1. The first-order valence-corrected chi connectivity index (χ1v) is 9.61. The number of ether oxygens (including phenoxy) is 1. The number of para-hydroxylation sites is 1. The van der Waals surface area contributed by atoms with E-state index < -0.39 is 0 Å². The second-order valence-electron chi connectivity index (χ2n) is 6.88. The summed E-state index contributed by atoms with van der Waals surface area (Å²) in [6.07, 6.45) is 3.27. The summed E-state index contributed by atoms with van der Waals surface area (Å²) in [6, 6.07) is 14.9. The van der Waals surface area contributed by atoms with Crippen molar-refractivity contribution in [3.63, 3.8) is 0 Å². The largest absolute Gasteiger partial charge is 0.490 e. The smallest absolute Gasteiger partial charge is 0.258 e. The van der Waals surface area contributed by atoms with Crippen molar-refractivity contribution in [1.82, 2.24) is 14.9 Å². The Morgan fingerprint density at radius 3 is 2.72 bits per heavy atom. The van der Waals surface area contributed by atoms with Gasteiger partial charge in [0.1, 0.15) is 18.2 Å². The minimum Gasteiger partial charge on any atom is -0.490 e. The molecule has 0 saturated carbocycles. The van der Waals surface area contributed by atoms with Gasteiger partial charge in [0.2, 0.25) is 5.91 Å². The minimum absolute atomic E-state index is 0.0557. The normalized spacial score (nSPS) is 10.7. The number of aromatic nitrogens is 2. The number of carbonyl (C=O) groups is 1. The fourth-order valence-corrected chi connectivity index (χ4v) is 3.06. The molecule has 1 aromatic heterocycles. The summed E-state index contributed by atoms with van der Waals surface area (Å²) in [5.74, 6) is 1.44. The second kappa shape index (κ2) is 9.68. The zero-order valence-electron chi connectivity index (χ0n) is 16.6. The molecule has 3 aromatic rings. The highest BCUT2D eigenvalue weighted by Gasteiger charge is 2.10. The number of benzene rings is 2. The molecule has 3 rings (SSSR count). The number of nitrogens with one attached hydrogen (secondary N) is 1. The number of aromatic amines is 1. The van der Waals surface area contributed by atoms with Gasteiger partial charge < -0.3 is 14.6 Å². The molecule has 0 aliphatic carbocycles. The van der Waals surface area contributed by atoms with E-state index in [1.165, 1.54) is 0 Å². The van der Waals surface area contributed by atoms with Gasteiger partial charge in [-0.15, -0.1) is 0 Å². The molecule has 6 heteroatoms. The van der Waals surface area contributed by atoms with Crippen LogP contribution in [0, 0.1) is 0 Å². The lowest BCUT2D eigenvalue weighted by atomic mass is 10.1. The van der Waals surface area contributed by atoms with E-state index >= 15 is 0 Å². The number of H-pyrrole nitrogens is 1. The van der Waals surface area contributed by atoms with Crippen molar-refractivity contribution in [2.24, 2.45) is 0 Å². The average molecular weight is 391 g/mol. The molecule has 6 nitrogen and oxygen atoms in total. The zero-order chi connectivity index (χ0) is 20.6. The van der Waals surface area contributed by atoms with E-state index in [1.807, 2.05) is 42.5 Å². The van der Waals surface area contributed by atoms with E-state index in [9.17, 15) is 9.59 Å². The average Bonchev–Trinajstić information content (AvgIpc) is 2.73. The third-order valence-corrected chi connectivity index (χ3v) is 4.60. The number of aryl methyl sites for hydroxylation is 1. The van der Waals surface area contributed by atoms with Gasteiger partial charge in [-0.25, -0.2) is 4.98 Å². The highest BCUT2D eigenvalue weighted by atomic mass is 16.5. The van der Waals surface area contributed by atoms with E-state index in [-0.39, 0.29) is 11.5 Å². The summed E-state index contributed by atoms with van der Waals surface area (Å²) in [4.78, 5) is 33.5. The zero-order valence-corrected chi connectivity index (χ0v) is 16.6. The van der Waals surface area contributed by atoms with Gasteiger partial charge in [0.15, 0.2) is 0 Å². The number of nitrogens with zero attached hydrogens (tertiary/aromatic N) is 2. The van der Waals surface area contributed by atoms with Gasteiger partial charge in [-0.1, -0.05) is 36.9 Å². The van der Waals surface area contributed by atoms with E-state index in [2.05, 4.69) is 16.5 Å². The fourth-order valence-electron chi connectivity index (χ4n) is 3.06. The predicted octanol–water partition coefficient (Wildman–Crippen LogP) is 3.47. The topological polar surface area (TPSA) is 75.3 Å². The van der Waals surface area contributed by atoms with Crippen LogP contribution in [0.15, 0.2) is 66.0 Å². The van der Waals surface area contributed by atoms with E-state index in [0.29, 0.717) is 49.1 Å². The first-order valence-electron chi connectivity index (χ1n) is 9.61. The van der Waals surface area contributed by atoms with Gasteiger partial charge >= 0.3 is 0 Å². The molecule has 1 heterocycles. The summed E-state index contributed by atoms with van der Waals surface area (Å²) in [5, 5.41) is 0.577. The van der Waals surface area contributed by atoms with Crippen molar-refractivity contribution < 1.29 is 9.53 Å². The molecule has 1 N–H and O–H groups in total. The van der Waals surface area contributed by atoms with Crippen molar-refractivity contribution in [2.45, 2.75) is 25.8 Å². The summed E-state index contributed by atoms with van der Waals surface area (Å²) in [7, 11) is 1.79. The number of hydrogen-bond donors (Lipinski definition) is 1. The molecule has 0 spiro atoms. The summed E-state index contributed by atoms with van der Waals surface area (Å²) >= 11 is 0. The van der Waals surface area contributed by atoms with Gasteiger partial charge in [-0.3, -0.25) is 9.59 Å². The summed E-state index contributed by atoms with van der Waals surface area (Å²) in [5.41, 5.74) is 1.57. The highest BCUT2D eigenvalue weighted by Crippen LogP contribution is 2.14. The van der Waals surface area contributed by atoms with Crippen LogP contribution in [-0.4, -0.2) is 34.4 Å². The minimum atomic E-state index is -0.144. The number of carbonyl (C=O) groups excluding carboxylic acids is 1. The molecule has 0 radical (unpaired) electrons. The van der Waals surface area contributed by atoms with Gasteiger partial charge in [-0.2, -0.15) is 0 Å². The predicted molar refractivity (Wildman–Crippen MR) is 114 cm³/mol. The van der Waals surface area contributed by atoms with Crippen LogP contribution in [0.4, 0.5) is 0 Å². The molecule has 0 saturated heterocycles. The Kier molecular flexibility index (Phi) is 6.79. The maximum Gasteiger partial charge on any atom is 0.258 e. The third kappa shape index (κ3) is 5.54.